The monoisotopic (exact) mass is 374 g/mol. The highest BCUT2D eigenvalue weighted by Gasteiger charge is 2.62. The Morgan fingerprint density at radius 2 is 1.07 bits per heavy atom. The summed E-state index contributed by atoms with van der Waals surface area (Å²) in [5.41, 5.74) is 0.353. The van der Waals surface area contributed by atoms with Gasteiger partial charge in [-0.1, -0.05) is 74.5 Å². The molecule has 2 aliphatic rings. The second kappa shape index (κ2) is 6.80. The van der Waals surface area contributed by atoms with Crippen LogP contribution in [0.15, 0.2) is 60.7 Å². The number of carbonyl (C=O) groups is 3. The summed E-state index contributed by atoms with van der Waals surface area (Å²) in [5, 5.41) is 0. The third-order valence-electron chi connectivity index (χ3n) is 6.57. The number of hydrogen-bond acceptors (Lipinski definition) is 3. The van der Waals surface area contributed by atoms with E-state index < -0.39 is 17.3 Å². The lowest BCUT2D eigenvalue weighted by molar-refractivity contribution is -0.155. The summed E-state index contributed by atoms with van der Waals surface area (Å²) in [6.45, 7) is 3.97. The number of carbonyl (C=O) groups excluding carboxylic acids is 3. The number of benzene rings is 2. The molecule has 0 unspecified atom stereocenters. The zero-order valence-electron chi connectivity index (χ0n) is 16.5. The highest BCUT2D eigenvalue weighted by molar-refractivity contribution is 6.13. The summed E-state index contributed by atoms with van der Waals surface area (Å²) < 4.78 is 0. The van der Waals surface area contributed by atoms with Crippen LogP contribution in [0.1, 0.15) is 62.5 Å². The molecular weight excluding hydrogens is 348 g/mol. The first-order valence-corrected chi connectivity index (χ1v) is 10.0. The molecule has 2 aromatic rings. The molecule has 28 heavy (non-hydrogen) atoms. The van der Waals surface area contributed by atoms with E-state index in [9.17, 15) is 14.4 Å². The summed E-state index contributed by atoms with van der Waals surface area (Å²) in [7, 11) is 0. The summed E-state index contributed by atoms with van der Waals surface area (Å²) >= 11 is 0. The van der Waals surface area contributed by atoms with Gasteiger partial charge in [0.1, 0.15) is 22.8 Å². The average Bonchev–Trinajstić information content (AvgIpc) is 2.67. The molecular formula is C25H26O3. The maximum atomic E-state index is 13.7. The molecule has 3 nitrogen and oxygen atoms in total. The molecule has 0 N–H and O–H groups in total. The molecule has 144 valence electrons. The number of Topliss-reactive ketones (excluding diaryl/α,β-unsaturated/α-hetero) is 3. The summed E-state index contributed by atoms with van der Waals surface area (Å²) in [6, 6.07) is 19.3. The van der Waals surface area contributed by atoms with Crippen LogP contribution in [0.4, 0.5) is 0 Å². The van der Waals surface area contributed by atoms with Gasteiger partial charge in [0, 0.05) is 37.5 Å². The van der Waals surface area contributed by atoms with Crippen LogP contribution < -0.4 is 0 Å². The molecule has 3 heteroatoms. The number of ketones is 3. The molecule has 2 atom stereocenters. The molecule has 2 fully saturated rings. The quantitative estimate of drug-likeness (QED) is 0.705. The summed E-state index contributed by atoms with van der Waals surface area (Å²) in [6.07, 6.45) is 1.26. The minimum absolute atomic E-state index is 0.00366. The first kappa shape index (κ1) is 18.8. The van der Waals surface area contributed by atoms with Gasteiger partial charge in [-0.15, -0.1) is 0 Å². The molecule has 0 heterocycles. The van der Waals surface area contributed by atoms with Crippen molar-refractivity contribution in [3.63, 3.8) is 0 Å². The Morgan fingerprint density at radius 3 is 1.46 bits per heavy atom. The predicted molar refractivity (Wildman–Crippen MR) is 108 cm³/mol. The van der Waals surface area contributed by atoms with Crippen molar-refractivity contribution in [2.24, 2.45) is 10.8 Å². The normalized spacial score (nSPS) is 26.4. The highest BCUT2D eigenvalue weighted by Crippen LogP contribution is 2.59. The van der Waals surface area contributed by atoms with Crippen LogP contribution in [0, 0.1) is 10.8 Å². The maximum Gasteiger partial charge on any atom is 0.148 e. The van der Waals surface area contributed by atoms with Crippen LogP contribution in [0.5, 0.6) is 0 Å². The lowest BCUT2D eigenvalue weighted by Crippen LogP contribution is -2.57. The fourth-order valence-electron chi connectivity index (χ4n) is 5.39. The van der Waals surface area contributed by atoms with Crippen molar-refractivity contribution in [1.29, 1.82) is 0 Å². The lowest BCUT2D eigenvalue weighted by atomic mass is 9.48. The van der Waals surface area contributed by atoms with E-state index in [4.69, 9.17) is 0 Å². The Balaban J connectivity index is 1.94. The van der Waals surface area contributed by atoms with Gasteiger partial charge < -0.3 is 0 Å². The van der Waals surface area contributed by atoms with Crippen molar-refractivity contribution in [3.8, 4) is 0 Å². The van der Waals surface area contributed by atoms with E-state index in [1.165, 1.54) is 0 Å². The molecule has 4 rings (SSSR count). The topological polar surface area (TPSA) is 51.2 Å². The Labute approximate surface area is 166 Å². The van der Waals surface area contributed by atoms with Gasteiger partial charge in [-0.3, -0.25) is 14.4 Å². The molecule has 0 saturated heterocycles. The van der Waals surface area contributed by atoms with Gasteiger partial charge in [-0.05, 0) is 16.5 Å². The van der Waals surface area contributed by atoms with E-state index in [1.807, 2.05) is 74.5 Å². The smallest absolute Gasteiger partial charge is 0.148 e. The van der Waals surface area contributed by atoms with Crippen LogP contribution >= 0.6 is 0 Å². The van der Waals surface area contributed by atoms with Gasteiger partial charge in [-0.25, -0.2) is 0 Å². The zero-order valence-corrected chi connectivity index (χ0v) is 16.5. The van der Waals surface area contributed by atoms with Gasteiger partial charge >= 0.3 is 0 Å². The van der Waals surface area contributed by atoms with Gasteiger partial charge in [0.05, 0.1) is 0 Å². The molecule has 2 aliphatic carbocycles. The first-order valence-electron chi connectivity index (χ1n) is 10.0. The van der Waals surface area contributed by atoms with Gasteiger partial charge in [-0.2, -0.15) is 0 Å². The van der Waals surface area contributed by atoms with E-state index in [1.54, 1.807) is 0 Å². The van der Waals surface area contributed by atoms with Crippen LogP contribution in [0.25, 0.3) is 0 Å². The van der Waals surface area contributed by atoms with Crippen LogP contribution in [-0.4, -0.2) is 17.3 Å². The van der Waals surface area contributed by atoms with E-state index in [0.717, 1.165) is 11.1 Å². The minimum atomic E-state index is -1.15. The minimum Gasteiger partial charge on any atom is -0.300 e. The van der Waals surface area contributed by atoms with Crippen molar-refractivity contribution in [2.45, 2.75) is 51.4 Å². The average molecular weight is 374 g/mol. The molecule has 0 aromatic heterocycles. The first-order chi connectivity index (χ1) is 13.3. The Bertz CT molecular complexity index is 838. The standard InChI is InChI=1S/C25H26O3/c1-24(2)15-22(27)25(23(28)16-24)20(17-9-5-3-6-10-17)13-19(26)14-21(25)18-11-7-4-8-12-18/h3-12,20-21H,13-16H2,1-2H3/t20-,21-/m0/s1. The summed E-state index contributed by atoms with van der Waals surface area (Å²) in [5.74, 6) is -0.654. The molecule has 2 aromatic carbocycles. The zero-order chi connectivity index (χ0) is 19.9. The fourth-order valence-corrected chi connectivity index (χ4v) is 5.39. The van der Waals surface area contributed by atoms with Crippen LogP contribution in [-0.2, 0) is 14.4 Å². The lowest BCUT2D eigenvalue weighted by Gasteiger charge is -2.51. The van der Waals surface area contributed by atoms with Gasteiger partial charge in [0.25, 0.3) is 0 Å². The Morgan fingerprint density at radius 1 is 0.679 bits per heavy atom. The summed E-state index contributed by atoms with van der Waals surface area (Å²) in [4.78, 5) is 40.3. The van der Waals surface area contributed by atoms with Crippen LogP contribution in [0.2, 0.25) is 0 Å². The van der Waals surface area contributed by atoms with Crippen molar-refractivity contribution in [1.82, 2.24) is 0 Å². The largest absolute Gasteiger partial charge is 0.300 e. The van der Waals surface area contributed by atoms with E-state index in [-0.39, 0.29) is 35.6 Å². The molecule has 0 radical (unpaired) electrons. The highest BCUT2D eigenvalue weighted by atomic mass is 16.2. The SMILES string of the molecule is CC1(C)CC(=O)C2(C(=O)C1)[C@H](c1ccccc1)CC(=O)C[C@H]2c1ccccc1. The molecule has 0 amide bonds. The third-order valence-corrected chi connectivity index (χ3v) is 6.57. The Hall–Kier alpha value is -2.55. The van der Waals surface area contributed by atoms with E-state index >= 15 is 0 Å². The number of hydrogen-bond donors (Lipinski definition) is 0. The molecule has 1 spiro atoms. The van der Waals surface area contributed by atoms with E-state index in [0.29, 0.717) is 12.8 Å². The van der Waals surface area contributed by atoms with Crippen molar-refractivity contribution >= 4 is 17.3 Å². The second-order valence-corrected chi connectivity index (χ2v) is 9.11. The fraction of sp³-hybridized carbons (Fsp3) is 0.400. The maximum absolute atomic E-state index is 13.7. The molecule has 0 aliphatic heterocycles. The van der Waals surface area contributed by atoms with Gasteiger partial charge in [0.2, 0.25) is 0 Å². The number of rotatable bonds is 2. The second-order valence-electron chi connectivity index (χ2n) is 9.11. The van der Waals surface area contributed by atoms with Crippen molar-refractivity contribution in [2.75, 3.05) is 0 Å². The van der Waals surface area contributed by atoms with Gasteiger partial charge in [0.15, 0.2) is 0 Å². The van der Waals surface area contributed by atoms with E-state index in [2.05, 4.69) is 0 Å². The predicted octanol–water partition coefficient (Wildman–Crippen LogP) is 4.86. The third kappa shape index (κ3) is 2.94. The van der Waals surface area contributed by atoms with Crippen LogP contribution in [0.3, 0.4) is 0 Å². The molecule has 0 bridgehead atoms. The Kier molecular flexibility index (Phi) is 4.57. The van der Waals surface area contributed by atoms with Crippen molar-refractivity contribution < 1.29 is 14.4 Å². The molecule has 2 saturated carbocycles. The van der Waals surface area contributed by atoms with Crippen molar-refractivity contribution in [3.05, 3.63) is 71.8 Å².